The van der Waals surface area contributed by atoms with E-state index in [9.17, 15) is 9.90 Å². The van der Waals surface area contributed by atoms with Gasteiger partial charge in [0.05, 0.1) is 17.4 Å². The smallest absolute Gasteiger partial charge is 0.328 e. The number of aliphatic imine (C=N–C) groups is 1. The molecule has 7 heteroatoms. The number of carboxylic acids is 1. The van der Waals surface area contributed by atoms with Crippen molar-refractivity contribution in [3.63, 3.8) is 0 Å². The van der Waals surface area contributed by atoms with Crippen molar-refractivity contribution in [3.05, 3.63) is 88.5 Å². The van der Waals surface area contributed by atoms with E-state index in [1.54, 1.807) is 17.0 Å². The Morgan fingerprint density at radius 1 is 1.27 bits per heavy atom. The number of rotatable bonds is 5. The molecule has 0 aliphatic carbocycles. The molecule has 2 aliphatic heterocycles. The minimum Gasteiger partial charge on any atom is -0.478 e. The Labute approximate surface area is 193 Å². The van der Waals surface area contributed by atoms with Crippen LogP contribution in [0, 0.1) is 0 Å². The Morgan fingerprint density at radius 2 is 2.06 bits per heavy atom. The van der Waals surface area contributed by atoms with Crippen LogP contribution >= 0.6 is 0 Å². The molecular weight excluding hydrogens is 416 g/mol. The molecule has 1 aromatic heterocycles. The largest absolute Gasteiger partial charge is 0.478 e. The van der Waals surface area contributed by atoms with Crippen LogP contribution in [-0.4, -0.2) is 38.2 Å². The summed E-state index contributed by atoms with van der Waals surface area (Å²) >= 11 is 0. The van der Waals surface area contributed by atoms with Gasteiger partial charge in [-0.1, -0.05) is 39.0 Å². The molecule has 4 rings (SSSR count). The number of aliphatic carboxylic acids is 1. The minimum absolute atomic E-state index is 0.132. The zero-order chi connectivity index (χ0) is 23.8. The summed E-state index contributed by atoms with van der Waals surface area (Å²) in [6.45, 7) is 6.28. The number of nitrogens with zero attached hydrogens (tertiary/aromatic N) is 3. The van der Waals surface area contributed by atoms with Crippen LogP contribution in [0.2, 0.25) is 0 Å². The van der Waals surface area contributed by atoms with Crippen LogP contribution in [0.25, 0.3) is 11.6 Å². The van der Waals surface area contributed by atoms with Crippen molar-refractivity contribution in [3.8, 4) is 0 Å². The summed E-state index contributed by atoms with van der Waals surface area (Å²) in [6, 6.07) is 9.41. The lowest BCUT2D eigenvalue weighted by Crippen LogP contribution is -2.23. The van der Waals surface area contributed by atoms with Gasteiger partial charge in [0.2, 0.25) is 0 Å². The summed E-state index contributed by atoms with van der Waals surface area (Å²) in [7, 11) is 1.84. The third kappa shape index (κ3) is 4.59. The van der Waals surface area contributed by atoms with E-state index in [0.717, 1.165) is 39.6 Å². The summed E-state index contributed by atoms with van der Waals surface area (Å²) in [6.07, 6.45) is 9.11. The van der Waals surface area contributed by atoms with Crippen LogP contribution in [0.15, 0.2) is 71.0 Å². The fourth-order valence-corrected chi connectivity index (χ4v) is 4.02. The summed E-state index contributed by atoms with van der Waals surface area (Å²) in [4.78, 5) is 15.3. The van der Waals surface area contributed by atoms with Gasteiger partial charge in [-0.25, -0.2) is 4.79 Å². The van der Waals surface area contributed by atoms with E-state index >= 15 is 0 Å². The van der Waals surface area contributed by atoms with E-state index in [1.807, 2.05) is 55.9 Å². The molecule has 170 valence electrons. The van der Waals surface area contributed by atoms with Crippen LogP contribution in [0.4, 0.5) is 0 Å². The topological polar surface area (TPSA) is 99.7 Å². The number of hydrogen-bond donors (Lipinski definition) is 3. The number of allylic oxidation sites excluding steroid dienone is 2. The predicted molar refractivity (Wildman–Crippen MR) is 130 cm³/mol. The highest BCUT2D eigenvalue weighted by Crippen LogP contribution is 2.39. The Balaban J connectivity index is 1.78. The quantitative estimate of drug-likeness (QED) is 0.610. The van der Waals surface area contributed by atoms with Crippen molar-refractivity contribution < 1.29 is 15.0 Å². The van der Waals surface area contributed by atoms with Crippen molar-refractivity contribution in [1.29, 1.82) is 0 Å². The fraction of sp³-hybridized carbons (Fsp3) is 0.269. The number of fused-ring (bicyclic) bond motifs is 1. The molecular formula is C26H28N4O3. The lowest BCUT2D eigenvalue weighted by Gasteiger charge is -2.19. The van der Waals surface area contributed by atoms with Crippen LogP contribution < -0.4 is 5.32 Å². The van der Waals surface area contributed by atoms with Gasteiger partial charge >= 0.3 is 5.97 Å². The summed E-state index contributed by atoms with van der Waals surface area (Å²) in [5.74, 6) is -0.996. The van der Waals surface area contributed by atoms with Crippen molar-refractivity contribution in [2.45, 2.75) is 38.3 Å². The number of aryl methyl sites for hydroxylation is 1. The number of aromatic nitrogens is 2. The highest BCUT2D eigenvalue weighted by molar-refractivity contribution is 5.90. The number of carboxylic acid groups (broad SMARTS) is 1. The molecule has 0 bridgehead atoms. The van der Waals surface area contributed by atoms with E-state index in [4.69, 9.17) is 5.11 Å². The zero-order valence-electron chi connectivity index (χ0n) is 19.1. The first-order valence-electron chi connectivity index (χ1n) is 10.8. The SMILES string of the molecule is Cn1nc(C(C)(C)C)cc1C(O)C1=CNC2C=NC=CC(c3cccc(/C=C/C(=O)O)c3)=C12. The third-order valence-corrected chi connectivity index (χ3v) is 5.77. The molecule has 3 heterocycles. The predicted octanol–water partition coefficient (Wildman–Crippen LogP) is 3.76. The molecule has 3 N–H and O–H groups in total. The molecule has 0 saturated carbocycles. The maximum absolute atomic E-state index is 11.4. The summed E-state index contributed by atoms with van der Waals surface area (Å²) in [5, 5.41) is 28.3. The molecule has 7 nitrogen and oxygen atoms in total. The van der Waals surface area contributed by atoms with Gasteiger partial charge in [0.15, 0.2) is 0 Å². The Bertz CT molecular complexity index is 1240. The fourth-order valence-electron chi connectivity index (χ4n) is 4.02. The van der Waals surface area contributed by atoms with Crippen LogP contribution in [0.1, 0.15) is 49.4 Å². The summed E-state index contributed by atoms with van der Waals surface area (Å²) < 4.78 is 1.73. The molecule has 0 radical (unpaired) electrons. The van der Waals surface area contributed by atoms with Gasteiger partial charge < -0.3 is 15.5 Å². The number of aliphatic hydroxyl groups excluding tert-OH is 1. The Morgan fingerprint density at radius 3 is 2.76 bits per heavy atom. The van der Waals surface area contributed by atoms with Gasteiger partial charge in [0.1, 0.15) is 6.10 Å². The average molecular weight is 445 g/mol. The van der Waals surface area contributed by atoms with Crippen molar-refractivity contribution in [2.24, 2.45) is 12.0 Å². The van der Waals surface area contributed by atoms with Gasteiger partial charge in [-0.2, -0.15) is 5.10 Å². The number of hydrogen-bond acceptors (Lipinski definition) is 5. The van der Waals surface area contributed by atoms with E-state index < -0.39 is 12.1 Å². The number of carbonyl (C=O) groups is 1. The molecule has 0 spiro atoms. The van der Waals surface area contributed by atoms with E-state index in [1.165, 1.54) is 0 Å². The number of aliphatic hydroxyl groups is 1. The molecule has 2 aliphatic rings. The van der Waals surface area contributed by atoms with Gasteiger partial charge in [-0.15, -0.1) is 0 Å². The van der Waals surface area contributed by atoms with Crippen molar-refractivity contribution in [2.75, 3.05) is 0 Å². The number of nitrogens with one attached hydrogen (secondary N) is 1. The zero-order valence-corrected chi connectivity index (χ0v) is 19.1. The van der Waals surface area contributed by atoms with Crippen LogP contribution in [0.5, 0.6) is 0 Å². The highest BCUT2D eigenvalue weighted by atomic mass is 16.4. The van der Waals surface area contributed by atoms with E-state index in [2.05, 4.69) is 36.2 Å². The third-order valence-electron chi connectivity index (χ3n) is 5.77. The first-order chi connectivity index (χ1) is 15.6. The second-order valence-electron chi connectivity index (χ2n) is 9.21. The molecule has 2 unspecified atom stereocenters. The molecule has 0 saturated heterocycles. The minimum atomic E-state index is -0.996. The summed E-state index contributed by atoms with van der Waals surface area (Å²) in [5.41, 5.74) is 5.77. The maximum Gasteiger partial charge on any atom is 0.328 e. The first-order valence-corrected chi connectivity index (χ1v) is 10.8. The second-order valence-corrected chi connectivity index (χ2v) is 9.21. The highest BCUT2D eigenvalue weighted by Gasteiger charge is 2.33. The second kappa shape index (κ2) is 8.67. The lowest BCUT2D eigenvalue weighted by atomic mass is 9.88. The van der Waals surface area contributed by atoms with Gasteiger partial charge in [-0.05, 0) is 46.6 Å². The molecule has 2 aromatic rings. The molecule has 33 heavy (non-hydrogen) atoms. The van der Waals surface area contributed by atoms with Gasteiger partial charge in [0, 0.05) is 42.7 Å². The van der Waals surface area contributed by atoms with Crippen LogP contribution in [-0.2, 0) is 17.3 Å². The Kier molecular flexibility index (Phi) is 5.91. The molecule has 2 atom stereocenters. The van der Waals surface area contributed by atoms with Crippen molar-refractivity contribution in [1.82, 2.24) is 15.1 Å². The lowest BCUT2D eigenvalue weighted by molar-refractivity contribution is -0.131. The monoisotopic (exact) mass is 444 g/mol. The van der Waals surface area contributed by atoms with Gasteiger partial charge in [-0.3, -0.25) is 9.67 Å². The molecule has 0 amide bonds. The van der Waals surface area contributed by atoms with Crippen molar-refractivity contribution >= 4 is 23.8 Å². The normalized spacial score (nSPS) is 18.8. The number of benzene rings is 1. The first kappa shape index (κ1) is 22.5. The average Bonchev–Trinajstić information content (AvgIpc) is 3.30. The maximum atomic E-state index is 11.4. The molecule has 1 aromatic carbocycles. The van der Waals surface area contributed by atoms with E-state index in [-0.39, 0.29) is 11.5 Å². The molecule has 0 fully saturated rings. The van der Waals surface area contributed by atoms with E-state index in [0.29, 0.717) is 5.69 Å². The standard InChI is InChI=1S/C26H28N4O3/c1-26(2,3)22-13-21(30(4)29-22)25(33)19-14-28-20-15-27-11-10-18(24(19)20)17-7-5-6-16(12-17)8-9-23(31)32/h5-15,20,25,28,33H,1-4H3,(H,31,32)/b9-8+. The van der Waals surface area contributed by atoms with Crippen LogP contribution in [0.3, 0.4) is 0 Å². The van der Waals surface area contributed by atoms with Gasteiger partial charge in [0.25, 0.3) is 0 Å². The Hall–Kier alpha value is -3.71.